The summed E-state index contributed by atoms with van der Waals surface area (Å²) in [4.78, 5) is 30.0. The van der Waals surface area contributed by atoms with Crippen LogP contribution in [0.1, 0.15) is 78.8 Å². The predicted molar refractivity (Wildman–Crippen MR) is 118 cm³/mol. The Morgan fingerprint density at radius 1 is 1.24 bits per heavy atom. The Hall–Kier alpha value is -1.78. The molecule has 1 saturated carbocycles. The molecule has 0 spiro atoms. The van der Waals surface area contributed by atoms with Gasteiger partial charge in [0.1, 0.15) is 0 Å². The first kappa shape index (κ1) is 23.5. The van der Waals surface area contributed by atoms with E-state index in [2.05, 4.69) is 45.3 Å². The first-order valence-electron chi connectivity index (χ1n) is 11.3. The molecule has 0 aromatic carbocycles. The summed E-state index contributed by atoms with van der Waals surface area (Å²) in [5, 5.41) is 0. The van der Waals surface area contributed by atoms with Crippen LogP contribution in [0.15, 0.2) is 18.3 Å². The highest BCUT2D eigenvalue weighted by Crippen LogP contribution is 2.29. The highest BCUT2D eigenvalue weighted by atomic mass is 16.2. The fourth-order valence-corrected chi connectivity index (χ4v) is 4.08. The van der Waals surface area contributed by atoms with Crippen LogP contribution in [0.25, 0.3) is 0 Å². The Morgan fingerprint density at radius 3 is 2.45 bits per heavy atom. The van der Waals surface area contributed by atoms with E-state index in [1.807, 2.05) is 29.1 Å². The fraction of sp³-hybridized carbons (Fsp3) is 0.750. The van der Waals surface area contributed by atoms with Crippen molar-refractivity contribution >= 4 is 11.8 Å². The first-order chi connectivity index (χ1) is 13.6. The Labute approximate surface area is 177 Å². The van der Waals surface area contributed by atoms with Gasteiger partial charge in [-0.15, -0.1) is 0 Å². The molecule has 0 radical (unpaired) electrons. The maximum absolute atomic E-state index is 13.2. The van der Waals surface area contributed by atoms with Gasteiger partial charge >= 0.3 is 0 Å². The summed E-state index contributed by atoms with van der Waals surface area (Å²) >= 11 is 0. The van der Waals surface area contributed by atoms with E-state index in [1.165, 1.54) is 0 Å². The zero-order valence-corrected chi connectivity index (χ0v) is 19.4. The van der Waals surface area contributed by atoms with Crippen molar-refractivity contribution in [1.29, 1.82) is 0 Å². The van der Waals surface area contributed by atoms with E-state index >= 15 is 0 Å². The number of unbranched alkanes of at least 4 members (excludes halogenated alkanes) is 1. The predicted octanol–water partition coefficient (Wildman–Crippen LogP) is 4.61. The number of hydrogen-bond acceptors (Lipinski definition) is 2. The lowest BCUT2D eigenvalue weighted by Gasteiger charge is -2.29. The maximum Gasteiger partial charge on any atom is 0.242 e. The van der Waals surface area contributed by atoms with Gasteiger partial charge < -0.3 is 14.4 Å². The number of rotatable bonds is 11. The molecular weight excluding hydrogens is 362 g/mol. The summed E-state index contributed by atoms with van der Waals surface area (Å²) in [5.74, 6) is 0.532. The average Bonchev–Trinajstić information content (AvgIpc) is 3.36. The van der Waals surface area contributed by atoms with Crippen LogP contribution in [0.3, 0.4) is 0 Å². The molecule has 1 fully saturated rings. The molecule has 1 unspecified atom stereocenters. The summed E-state index contributed by atoms with van der Waals surface area (Å²) in [5.41, 5.74) is 1.34. The number of amides is 2. The van der Waals surface area contributed by atoms with Gasteiger partial charge in [0, 0.05) is 37.9 Å². The van der Waals surface area contributed by atoms with Crippen molar-refractivity contribution in [3.8, 4) is 0 Å². The summed E-state index contributed by atoms with van der Waals surface area (Å²) < 4.78 is 2.07. The van der Waals surface area contributed by atoms with Crippen molar-refractivity contribution in [2.24, 2.45) is 18.4 Å². The quantitative estimate of drug-likeness (QED) is 0.542. The number of hydrogen-bond donors (Lipinski definition) is 0. The molecule has 2 rings (SSSR count). The Balaban J connectivity index is 2.01. The van der Waals surface area contributed by atoms with Crippen LogP contribution in [0, 0.1) is 11.3 Å². The highest BCUT2D eigenvalue weighted by molar-refractivity contribution is 5.85. The number of carbonyl (C=O) groups is 2. The molecule has 1 aromatic heterocycles. The Bertz CT molecular complexity index is 670. The average molecular weight is 404 g/mol. The summed E-state index contributed by atoms with van der Waals surface area (Å²) in [7, 11) is 2.01. The van der Waals surface area contributed by atoms with E-state index in [1.54, 1.807) is 0 Å². The molecule has 0 aliphatic heterocycles. The zero-order chi connectivity index (χ0) is 21.6. The topological polar surface area (TPSA) is 45.6 Å². The lowest BCUT2D eigenvalue weighted by atomic mass is 9.84. The molecule has 1 atom stereocenters. The molecule has 1 aliphatic carbocycles. The van der Waals surface area contributed by atoms with Gasteiger partial charge in [-0.2, -0.15) is 0 Å². The van der Waals surface area contributed by atoms with Gasteiger partial charge in [-0.3, -0.25) is 9.59 Å². The van der Waals surface area contributed by atoms with Gasteiger partial charge in [0.25, 0.3) is 0 Å². The molecule has 164 valence electrons. The molecule has 29 heavy (non-hydrogen) atoms. The van der Waals surface area contributed by atoms with Gasteiger partial charge in [0.15, 0.2) is 0 Å². The van der Waals surface area contributed by atoms with E-state index in [0.717, 1.165) is 37.8 Å². The van der Waals surface area contributed by atoms with Crippen molar-refractivity contribution in [3.63, 3.8) is 0 Å². The van der Waals surface area contributed by atoms with Gasteiger partial charge in [0.05, 0.1) is 13.1 Å². The number of nitrogens with zero attached hydrogens (tertiary/aromatic N) is 3. The van der Waals surface area contributed by atoms with E-state index in [4.69, 9.17) is 0 Å². The van der Waals surface area contributed by atoms with Crippen LogP contribution in [-0.2, 0) is 23.2 Å². The smallest absolute Gasteiger partial charge is 0.242 e. The monoisotopic (exact) mass is 403 g/mol. The third-order valence-corrected chi connectivity index (χ3v) is 5.64. The minimum Gasteiger partial charge on any atom is -0.353 e. The highest BCUT2D eigenvalue weighted by Gasteiger charge is 2.34. The third kappa shape index (κ3) is 7.87. The van der Waals surface area contributed by atoms with Crippen LogP contribution >= 0.6 is 0 Å². The second-order valence-electron chi connectivity index (χ2n) is 10.1. The number of aryl methyl sites for hydroxylation is 1. The molecular formula is C24H41N3O2. The minimum absolute atomic E-state index is 0.0848. The van der Waals surface area contributed by atoms with Gasteiger partial charge in [-0.1, -0.05) is 41.0 Å². The SMILES string of the molecule is CCCCN(CC(=O)N(Cc1cccn1C)C1CC1)C(=O)CC(C)CC(C)(C)C. The summed E-state index contributed by atoms with van der Waals surface area (Å²) in [6, 6.07) is 4.41. The molecule has 2 amide bonds. The Morgan fingerprint density at radius 2 is 1.93 bits per heavy atom. The van der Waals surface area contributed by atoms with Crippen LogP contribution in [0.2, 0.25) is 0 Å². The molecule has 0 bridgehead atoms. The third-order valence-electron chi connectivity index (χ3n) is 5.64. The van der Waals surface area contributed by atoms with Gasteiger partial charge in [0.2, 0.25) is 11.8 Å². The van der Waals surface area contributed by atoms with Crippen LogP contribution < -0.4 is 0 Å². The van der Waals surface area contributed by atoms with Crippen molar-refractivity contribution in [2.75, 3.05) is 13.1 Å². The van der Waals surface area contributed by atoms with Crippen LogP contribution in [0.4, 0.5) is 0 Å². The van der Waals surface area contributed by atoms with Crippen molar-refractivity contribution in [1.82, 2.24) is 14.4 Å². The van der Waals surface area contributed by atoms with E-state index in [0.29, 0.717) is 31.5 Å². The van der Waals surface area contributed by atoms with Gasteiger partial charge in [-0.05, 0) is 49.1 Å². The first-order valence-corrected chi connectivity index (χ1v) is 11.3. The summed E-state index contributed by atoms with van der Waals surface area (Å²) in [6.07, 6.45) is 7.65. The molecule has 1 heterocycles. The standard InChI is InChI=1S/C24H41N3O2/c1-7-8-14-26(22(28)15-19(2)16-24(3,4)5)18-23(29)27(20-11-12-20)17-21-10-9-13-25(21)6/h9-10,13,19-20H,7-8,11-12,14-18H2,1-6H3. The summed E-state index contributed by atoms with van der Waals surface area (Å²) in [6.45, 7) is 12.4. The second-order valence-corrected chi connectivity index (χ2v) is 10.1. The largest absolute Gasteiger partial charge is 0.353 e. The van der Waals surface area contributed by atoms with Crippen molar-refractivity contribution in [3.05, 3.63) is 24.0 Å². The van der Waals surface area contributed by atoms with Crippen molar-refractivity contribution < 1.29 is 9.59 Å². The fourth-order valence-electron chi connectivity index (χ4n) is 4.08. The lowest BCUT2D eigenvalue weighted by Crippen LogP contribution is -2.44. The van der Waals surface area contributed by atoms with E-state index < -0.39 is 0 Å². The molecule has 5 nitrogen and oxygen atoms in total. The molecule has 1 aromatic rings. The minimum atomic E-state index is 0.0848. The number of carbonyl (C=O) groups excluding carboxylic acids is 2. The van der Waals surface area contributed by atoms with Crippen molar-refractivity contribution in [2.45, 2.75) is 85.7 Å². The van der Waals surface area contributed by atoms with Crippen LogP contribution in [-0.4, -0.2) is 45.3 Å². The Kier molecular flexibility index (Phi) is 8.35. The van der Waals surface area contributed by atoms with E-state index in [-0.39, 0.29) is 23.8 Å². The van der Waals surface area contributed by atoms with Gasteiger partial charge in [-0.25, -0.2) is 0 Å². The molecule has 1 aliphatic rings. The normalized spacial score (nSPS) is 15.2. The van der Waals surface area contributed by atoms with Crippen LogP contribution in [0.5, 0.6) is 0 Å². The lowest BCUT2D eigenvalue weighted by molar-refractivity contribution is -0.142. The molecule has 0 N–H and O–H groups in total. The second kappa shape index (κ2) is 10.3. The zero-order valence-electron chi connectivity index (χ0n) is 19.4. The molecule has 0 saturated heterocycles. The molecule has 5 heteroatoms. The number of aromatic nitrogens is 1. The maximum atomic E-state index is 13.2. The van der Waals surface area contributed by atoms with E-state index in [9.17, 15) is 9.59 Å².